The molecule has 2 unspecified atom stereocenters. The van der Waals surface area contributed by atoms with Gasteiger partial charge in [0.1, 0.15) is 5.82 Å². The van der Waals surface area contributed by atoms with E-state index in [1.54, 1.807) is 12.1 Å². The fourth-order valence-electron chi connectivity index (χ4n) is 2.30. The lowest BCUT2D eigenvalue weighted by atomic mass is 9.90. The summed E-state index contributed by atoms with van der Waals surface area (Å²) in [4.78, 5) is 2.27. The van der Waals surface area contributed by atoms with Gasteiger partial charge in [0.2, 0.25) is 0 Å². The van der Waals surface area contributed by atoms with Crippen molar-refractivity contribution >= 4 is 0 Å². The summed E-state index contributed by atoms with van der Waals surface area (Å²) in [7, 11) is 2.08. The molecule has 1 aromatic carbocycles. The zero-order valence-corrected chi connectivity index (χ0v) is 12.8. The van der Waals surface area contributed by atoms with Crippen LogP contribution in [0.3, 0.4) is 0 Å². The Bertz CT molecular complexity index is 403. The van der Waals surface area contributed by atoms with Gasteiger partial charge in [0.05, 0.1) is 6.04 Å². The highest BCUT2D eigenvalue weighted by Crippen LogP contribution is 2.31. The number of hydrogen-bond acceptors (Lipinski definition) is 2. The lowest BCUT2D eigenvalue weighted by Gasteiger charge is -2.43. The average molecular weight is 266 g/mol. The van der Waals surface area contributed by atoms with E-state index in [0.29, 0.717) is 0 Å². The third kappa shape index (κ3) is 3.77. The minimum Gasteiger partial charge on any atom is -0.326 e. The van der Waals surface area contributed by atoms with Gasteiger partial charge in [-0.2, -0.15) is 0 Å². The molecule has 1 rings (SSSR count). The first-order valence-electron chi connectivity index (χ1n) is 7.07. The molecule has 19 heavy (non-hydrogen) atoms. The molecule has 0 spiro atoms. The molecular formula is C16H27FN2. The highest BCUT2D eigenvalue weighted by molar-refractivity contribution is 5.22. The lowest BCUT2D eigenvalue weighted by Crippen LogP contribution is -2.48. The third-order valence-electron chi connectivity index (χ3n) is 4.30. The zero-order chi connectivity index (χ0) is 14.6. The SMILES string of the molecule is CCC(N)C(c1cccc(F)c1)N(C)C(C)(C)CC. The topological polar surface area (TPSA) is 29.3 Å². The Balaban J connectivity index is 3.15. The molecule has 0 amide bonds. The van der Waals surface area contributed by atoms with Crippen molar-refractivity contribution in [1.82, 2.24) is 4.90 Å². The Morgan fingerprint density at radius 3 is 2.42 bits per heavy atom. The maximum absolute atomic E-state index is 13.5. The zero-order valence-electron chi connectivity index (χ0n) is 12.8. The van der Waals surface area contributed by atoms with E-state index in [-0.39, 0.29) is 23.4 Å². The van der Waals surface area contributed by atoms with Crippen molar-refractivity contribution in [2.24, 2.45) is 5.73 Å². The summed E-state index contributed by atoms with van der Waals surface area (Å²) in [6.07, 6.45) is 1.89. The summed E-state index contributed by atoms with van der Waals surface area (Å²) in [5.74, 6) is -0.200. The van der Waals surface area contributed by atoms with E-state index in [9.17, 15) is 4.39 Å². The lowest BCUT2D eigenvalue weighted by molar-refractivity contribution is 0.0805. The highest BCUT2D eigenvalue weighted by atomic mass is 19.1. The van der Waals surface area contributed by atoms with Crippen LogP contribution in [-0.2, 0) is 0 Å². The van der Waals surface area contributed by atoms with Crippen molar-refractivity contribution in [2.75, 3.05) is 7.05 Å². The summed E-state index contributed by atoms with van der Waals surface area (Å²) < 4.78 is 13.5. The maximum atomic E-state index is 13.5. The van der Waals surface area contributed by atoms with Crippen LogP contribution >= 0.6 is 0 Å². The summed E-state index contributed by atoms with van der Waals surface area (Å²) in [6, 6.07) is 6.83. The first-order valence-corrected chi connectivity index (χ1v) is 7.07. The summed E-state index contributed by atoms with van der Waals surface area (Å²) in [5, 5.41) is 0. The van der Waals surface area contributed by atoms with Gasteiger partial charge in [-0.25, -0.2) is 4.39 Å². The molecule has 3 heteroatoms. The van der Waals surface area contributed by atoms with E-state index >= 15 is 0 Å². The van der Waals surface area contributed by atoms with Crippen LogP contribution in [0.1, 0.15) is 52.1 Å². The summed E-state index contributed by atoms with van der Waals surface area (Å²) >= 11 is 0. The number of nitrogens with two attached hydrogens (primary N) is 1. The Morgan fingerprint density at radius 2 is 1.95 bits per heavy atom. The van der Waals surface area contributed by atoms with Crippen molar-refractivity contribution in [3.8, 4) is 0 Å². The first kappa shape index (κ1) is 16.1. The van der Waals surface area contributed by atoms with Gasteiger partial charge in [-0.1, -0.05) is 26.0 Å². The predicted octanol–water partition coefficient (Wildman–Crippen LogP) is 3.72. The molecule has 0 saturated heterocycles. The minimum atomic E-state index is -0.200. The normalized spacial score (nSPS) is 15.6. The van der Waals surface area contributed by atoms with Gasteiger partial charge >= 0.3 is 0 Å². The van der Waals surface area contributed by atoms with Gasteiger partial charge in [0, 0.05) is 11.6 Å². The molecule has 0 heterocycles. The Morgan fingerprint density at radius 1 is 1.32 bits per heavy atom. The molecule has 0 radical (unpaired) electrons. The smallest absolute Gasteiger partial charge is 0.123 e. The van der Waals surface area contributed by atoms with E-state index in [1.807, 2.05) is 6.07 Å². The molecule has 0 bridgehead atoms. The van der Waals surface area contributed by atoms with Gasteiger partial charge in [-0.3, -0.25) is 4.90 Å². The molecule has 0 fully saturated rings. The van der Waals surface area contributed by atoms with Crippen LogP contribution in [0, 0.1) is 5.82 Å². The molecule has 1 aromatic rings. The largest absolute Gasteiger partial charge is 0.326 e. The van der Waals surface area contributed by atoms with Crippen molar-refractivity contribution < 1.29 is 4.39 Å². The van der Waals surface area contributed by atoms with Crippen molar-refractivity contribution in [1.29, 1.82) is 0 Å². The number of likely N-dealkylation sites (N-methyl/N-ethyl adjacent to an activating group) is 1. The Hall–Kier alpha value is -0.930. The minimum absolute atomic E-state index is 0.00220. The molecule has 0 aliphatic carbocycles. The average Bonchev–Trinajstić information content (AvgIpc) is 2.38. The fourth-order valence-corrected chi connectivity index (χ4v) is 2.30. The van der Waals surface area contributed by atoms with Crippen molar-refractivity contribution in [3.05, 3.63) is 35.6 Å². The van der Waals surface area contributed by atoms with E-state index in [4.69, 9.17) is 5.73 Å². The molecule has 2 nitrogen and oxygen atoms in total. The quantitative estimate of drug-likeness (QED) is 0.850. The second kappa shape index (κ2) is 6.49. The van der Waals surface area contributed by atoms with Gasteiger partial charge in [-0.15, -0.1) is 0 Å². The van der Waals surface area contributed by atoms with Crippen LogP contribution < -0.4 is 5.73 Å². The van der Waals surface area contributed by atoms with Crippen LogP contribution in [0.15, 0.2) is 24.3 Å². The molecule has 0 aromatic heterocycles. The van der Waals surface area contributed by atoms with Crippen LogP contribution in [0.4, 0.5) is 4.39 Å². The van der Waals surface area contributed by atoms with Crippen LogP contribution in [0.2, 0.25) is 0 Å². The predicted molar refractivity (Wildman–Crippen MR) is 79.5 cm³/mol. The molecule has 0 aliphatic rings. The number of rotatable bonds is 6. The molecule has 0 saturated carbocycles. The van der Waals surface area contributed by atoms with Gasteiger partial charge < -0.3 is 5.73 Å². The fraction of sp³-hybridized carbons (Fsp3) is 0.625. The Kier molecular flexibility index (Phi) is 5.50. The summed E-state index contributed by atoms with van der Waals surface area (Å²) in [6.45, 7) is 8.63. The molecule has 0 aliphatic heterocycles. The van der Waals surface area contributed by atoms with Crippen LogP contribution in [-0.4, -0.2) is 23.5 Å². The van der Waals surface area contributed by atoms with Crippen LogP contribution in [0.5, 0.6) is 0 Å². The molecule has 2 atom stereocenters. The second-order valence-electron chi connectivity index (χ2n) is 5.85. The molecule has 2 N–H and O–H groups in total. The Labute approximate surface area is 116 Å². The standard InChI is InChI=1S/C16H27FN2/c1-6-14(18)15(19(5)16(3,4)7-2)12-9-8-10-13(17)11-12/h8-11,14-15H,6-7,18H2,1-5H3. The van der Waals surface area contributed by atoms with Gasteiger partial charge in [-0.05, 0) is 51.4 Å². The monoisotopic (exact) mass is 266 g/mol. The molecule has 108 valence electrons. The number of nitrogens with zero attached hydrogens (tertiary/aromatic N) is 1. The van der Waals surface area contributed by atoms with E-state index in [2.05, 4.69) is 39.6 Å². The van der Waals surface area contributed by atoms with E-state index in [0.717, 1.165) is 18.4 Å². The van der Waals surface area contributed by atoms with Crippen molar-refractivity contribution in [3.63, 3.8) is 0 Å². The third-order valence-corrected chi connectivity index (χ3v) is 4.30. The number of hydrogen-bond donors (Lipinski definition) is 1. The first-order chi connectivity index (χ1) is 8.83. The highest BCUT2D eigenvalue weighted by Gasteiger charge is 2.32. The van der Waals surface area contributed by atoms with E-state index < -0.39 is 0 Å². The number of benzene rings is 1. The summed E-state index contributed by atoms with van der Waals surface area (Å²) in [5.41, 5.74) is 7.28. The van der Waals surface area contributed by atoms with Gasteiger partial charge in [0.15, 0.2) is 0 Å². The van der Waals surface area contributed by atoms with Crippen molar-refractivity contribution in [2.45, 2.75) is 58.2 Å². The van der Waals surface area contributed by atoms with Crippen LogP contribution in [0.25, 0.3) is 0 Å². The van der Waals surface area contributed by atoms with Gasteiger partial charge in [0.25, 0.3) is 0 Å². The maximum Gasteiger partial charge on any atom is 0.123 e. The van der Waals surface area contributed by atoms with E-state index in [1.165, 1.54) is 6.07 Å². The second-order valence-corrected chi connectivity index (χ2v) is 5.85. The number of halogens is 1. The molecular weight excluding hydrogens is 239 g/mol.